The van der Waals surface area contributed by atoms with Gasteiger partial charge in [0, 0.05) is 5.69 Å². The third kappa shape index (κ3) is 2.40. The Morgan fingerprint density at radius 3 is 2.74 bits per heavy atom. The van der Waals surface area contributed by atoms with Gasteiger partial charge in [-0.1, -0.05) is 6.07 Å². The summed E-state index contributed by atoms with van der Waals surface area (Å²) in [4.78, 5) is 18.5. The number of carbonyl (C=O) groups is 1. The van der Waals surface area contributed by atoms with Crippen LogP contribution in [0, 0.1) is 0 Å². The van der Waals surface area contributed by atoms with Gasteiger partial charge in [-0.2, -0.15) is 0 Å². The lowest BCUT2D eigenvalue weighted by atomic mass is 10.1. The molecular formula is C14H13N3O2. The van der Waals surface area contributed by atoms with E-state index in [4.69, 9.17) is 5.11 Å². The fourth-order valence-corrected chi connectivity index (χ4v) is 2.30. The molecule has 0 radical (unpaired) electrons. The first-order chi connectivity index (χ1) is 9.22. The van der Waals surface area contributed by atoms with Crippen molar-refractivity contribution in [3.05, 3.63) is 47.4 Å². The Bertz CT molecular complexity index is 623. The maximum absolute atomic E-state index is 10.7. The van der Waals surface area contributed by atoms with Crippen molar-refractivity contribution in [1.29, 1.82) is 0 Å². The van der Waals surface area contributed by atoms with Gasteiger partial charge in [0.05, 0.1) is 12.4 Å². The second-order valence-corrected chi connectivity index (χ2v) is 4.55. The van der Waals surface area contributed by atoms with Gasteiger partial charge in [-0.15, -0.1) is 0 Å². The predicted molar refractivity (Wildman–Crippen MR) is 70.7 cm³/mol. The number of hydrogen-bond acceptors (Lipinski definition) is 4. The van der Waals surface area contributed by atoms with Crippen molar-refractivity contribution in [2.45, 2.75) is 19.3 Å². The summed E-state index contributed by atoms with van der Waals surface area (Å²) in [7, 11) is 0. The van der Waals surface area contributed by atoms with Crippen molar-refractivity contribution in [2.24, 2.45) is 0 Å². The van der Waals surface area contributed by atoms with E-state index in [1.54, 1.807) is 0 Å². The van der Waals surface area contributed by atoms with Gasteiger partial charge in [0.15, 0.2) is 5.69 Å². The number of hydrogen-bond donors (Lipinski definition) is 2. The van der Waals surface area contributed by atoms with Gasteiger partial charge in [-0.3, -0.25) is 0 Å². The molecule has 1 aromatic heterocycles. The highest BCUT2D eigenvalue weighted by atomic mass is 16.4. The molecule has 1 aliphatic carbocycles. The highest BCUT2D eigenvalue weighted by Crippen LogP contribution is 2.26. The Kier molecular flexibility index (Phi) is 2.87. The lowest BCUT2D eigenvalue weighted by Gasteiger charge is -2.07. The zero-order valence-electron chi connectivity index (χ0n) is 10.3. The maximum Gasteiger partial charge on any atom is 0.356 e. The largest absolute Gasteiger partial charge is 0.476 e. The molecule has 1 heterocycles. The molecule has 3 rings (SSSR count). The molecule has 0 saturated carbocycles. The number of fused-ring (bicyclic) bond motifs is 1. The van der Waals surface area contributed by atoms with Crippen LogP contribution in [0.2, 0.25) is 0 Å². The van der Waals surface area contributed by atoms with Crippen molar-refractivity contribution < 1.29 is 9.90 Å². The van der Waals surface area contributed by atoms with E-state index in [0.29, 0.717) is 5.82 Å². The molecule has 5 nitrogen and oxygen atoms in total. The topological polar surface area (TPSA) is 75.1 Å². The molecule has 0 unspecified atom stereocenters. The highest BCUT2D eigenvalue weighted by molar-refractivity contribution is 5.85. The van der Waals surface area contributed by atoms with Crippen LogP contribution >= 0.6 is 0 Å². The second kappa shape index (κ2) is 4.68. The molecule has 1 aliphatic rings. The standard InChI is InChI=1S/C14H13N3O2/c18-14(19)12-7-16-13(8-15-12)17-11-5-4-9-2-1-3-10(9)6-11/h4-8H,1-3H2,(H,16,17)(H,18,19). The number of carboxylic acids is 1. The predicted octanol–water partition coefficient (Wildman–Crippen LogP) is 2.41. The monoisotopic (exact) mass is 255 g/mol. The lowest BCUT2D eigenvalue weighted by molar-refractivity contribution is 0.0690. The van der Waals surface area contributed by atoms with Gasteiger partial charge in [0.25, 0.3) is 0 Å². The minimum absolute atomic E-state index is 0.0560. The van der Waals surface area contributed by atoms with Crippen LogP contribution in [0.3, 0.4) is 0 Å². The normalized spacial score (nSPS) is 13.1. The SMILES string of the molecule is O=C(O)c1cnc(Nc2ccc3c(c2)CCC3)cn1. The quantitative estimate of drug-likeness (QED) is 0.880. The van der Waals surface area contributed by atoms with Gasteiger partial charge < -0.3 is 10.4 Å². The van der Waals surface area contributed by atoms with Crippen molar-refractivity contribution in [3.63, 3.8) is 0 Å². The second-order valence-electron chi connectivity index (χ2n) is 4.55. The third-order valence-corrected chi connectivity index (χ3v) is 3.24. The van der Waals surface area contributed by atoms with E-state index in [0.717, 1.165) is 18.5 Å². The van der Waals surface area contributed by atoms with Gasteiger partial charge >= 0.3 is 5.97 Å². The summed E-state index contributed by atoms with van der Waals surface area (Å²) in [5, 5.41) is 11.9. The molecule has 19 heavy (non-hydrogen) atoms. The summed E-state index contributed by atoms with van der Waals surface area (Å²) in [6, 6.07) is 6.26. The van der Waals surface area contributed by atoms with E-state index in [1.165, 1.54) is 29.9 Å². The Morgan fingerprint density at radius 1 is 1.16 bits per heavy atom. The van der Waals surface area contributed by atoms with Gasteiger partial charge in [-0.25, -0.2) is 14.8 Å². The van der Waals surface area contributed by atoms with Crippen LogP contribution in [-0.2, 0) is 12.8 Å². The fraction of sp³-hybridized carbons (Fsp3) is 0.214. The van der Waals surface area contributed by atoms with Crippen molar-refractivity contribution >= 4 is 17.5 Å². The van der Waals surface area contributed by atoms with Gasteiger partial charge in [0.1, 0.15) is 5.82 Å². The van der Waals surface area contributed by atoms with Crippen LogP contribution in [0.15, 0.2) is 30.6 Å². The number of rotatable bonds is 3. The Morgan fingerprint density at radius 2 is 2.00 bits per heavy atom. The molecule has 0 bridgehead atoms. The number of aromatic nitrogens is 2. The number of aromatic carboxylic acids is 1. The number of nitrogens with one attached hydrogen (secondary N) is 1. The maximum atomic E-state index is 10.7. The van der Waals surface area contributed by atoms with Crippen molar-refractivity contribution in [1.82, 2.24) is 9.97 Å². The molecule has 0 amide bonds. The number of anilines is 2. The molecular weight excluding hydrogens is 242 g/mol. The molecule has 0 aliphatic heterocycles. The van der Waals surface area contributed by atoms with Crippen LogP contribution in [-0.4, -0.2) is 21.0 Å². The average molecular weight is 255 g/mol. The minimum Gasteiger partial charge on any atom is -0.476 e. The molecule has 1 aromatic carbocycles. The third-order valence-electron chi connectivity index (χ3n) is 3.24. The highest BCUT2D eigenvalue weighted by Gasteiger charge is 2.11. The van der Waals surface area contributed by atoms with Crippen LogP contribution in [0.1, 0.15) is 28.0 Å². The van der Waals surface area contributed by atoms with E-state index in [2.05, 4.69) is 27.4 Å². The van der Waals surface area contributed by atoms with Crippen LogP contribution < -0.4 is 5.32 Å². The molecule has 5 heteroatoms. The average Bonchev–Trinajstić information content (AvgIpc) is 2.87. The summed E-state index contributed by atoms with van der Waals surface area (Å²) in [6.07, 6.45) is 6.16. The number of aryl methyl sites for hydroxylation is 2. The van der Waals surface area contributed by atoms with Crippen molar-refractivity contribution in [3.8, 4) is 0 Å². The first-order valence-electron chi connectivity index (χ1n) is 6.16. The minimum atomic E-state index is -1.07. The van der Waals surface area contributed by atoms with Gasteiger partial charge in [0.2, 0.25) is 0 Å². The smallest absolute Gasteiger partial charge is 0.356 e. The van der Waals surface area contributed by atoms with Crippen LogP contribution in [0.5, 0.6) is 0 Å². The summed E-state index contributed by atoms with van der Waals surface area (Å²) in [5.74, 6) is -0.528. The molecule has 0 saturated heterocycles. The van der Waals surface area contributed by atoms with E-state index in [9.17, 15) is 4.79 Å². The fourth-order valence-electron chi connectivity index (χ4n) is 2.30. The summed E-state index contributed by atoms with van der Waals surface area (Å²) in [6.45, 7) is 0. The number of benzene rings is 1. The summed E-state index contributed by atoms with van der Waals surface area (Å²) >= 11 is 0. The Hall–Kier alpha value is -2.43. The zero-order chi connectivity index (χ0) is 13.2. The van der Waals surface area contributed by atoms with Crippen LogP contribution in [0.4, 0.5) is 11.5 Å². The molecule has 0 atom stereocenters. The summed E-state index contributed by atoms with van der Waals surface area (Å²) in [5.41, 5.74) is 3.69. The Balaban J connectivity index is 1.79. The Labute approximate surface area is 110 Å². The first kappa shape index (κ1) is 11.6. The number of carboxylic acid groups (broad SMARTS) is 1. The molecule has 96 valence electrons. The summed E-state index contributed by atoms with van der Waals surface area (Å²) < 4.78 is 0. The van der Waals surface area contributed by atoms with E-state index < -0.39 is 5.97 Å². The van der Waals surface area contributed by atoms with Crippen LogP contribution in [0.25, 0.3) is 0 Å². The number of nitrogens with zero attached hydrogens (tertiary/aromatic N) is 2. The molecule has 2 aromatic rings. The molecule has 2 N–H and O–H groups in total. The first-order valence-corrected chi connectivity index (χ1v) is 6.16. The van der Waals surface area contributed by atoms with E-state index in [-0.39, 0.29) is 5.69 Å². The van der Waals surface area contributed by atoms with E-state index in [1.807, 2.05) is 6.07 Å². The van der Waals surface area contributed by atoms with Crippen molar-refractivity contribution in [2.75, 3.05) is 5.32 Å². The molecule has 0 spiro atoms. The molecule has 0 fully saturated rings. The lowest BCUT2D eigenvalue weighted by Crippen LogP contribution is -2.02. The van der Waals surface area contributed by atoms with Gasteiger partial charge in [-0.05, 0) is 42.5 Å². The van der Waals surface area contributed by atoms with E-state index >= 15 is 0 Å². The zero-order valence-corrected chi connectivity index (χ0v) is 10.3.